The Labute approximate surface area is 137 Å². The molecule has 2 aliphatic rings. The van der Waals surface area contributed by atoms with Crippen LogP contribution in [0.25, 0.3) is 0 Å². The number of sulfonamides is 1. The summed E-state index contributed by atoms with van der Waals surface area (Å²) in [6.45, 7) is 1.68. The van der Waals surface area contributed by atoms with Gasteiger partial charge in [0.05, 0.1) is 4.90 Å². The van der Waals surface area contributed by atoms with Gasteiger partial charge >= 0.3 is 0 Å². The molecular formula is C16H23N3O3S. The van der Waals surface area contributed by atoms with Crippen LogP contribution in [-0.4, -0.2) is 53.0 Å². The number of carbonyl (C=O) groups is 1. The largest absolute Gasteiger partial charge is 0.312 e. The number of anilines is 1. The number of carbonyl (C=O) groups excluding carboxylic acids is 1. The van der Waals surface area contributed by atoms with Crippen LogP contribution in [0.2, 0.25) is 0 Å². The molecule has 0 bridgehead atoms. The van der Waals surface area contributed by atoms with Gasteiger partial charge < -0.3 is 9.80 Å². The van der Waals surface area contributed by atoms with E-state index in [4.69, 9.17) is 0 Å². The van der Waals surface area contributed by atoms with Gasteiger partial charge in [0.1, 0.15) is 0 Å². The fraction of sp³-hybridized carbons (Fsp3) is 0.562. The average Bonchev–Trinajstić information content (AvgIpc) is 3.25. The maximum Gasteiger partial charge on any atom is 0.240 e. The SMILES string of the molecule is CN(C)CCNS(=O)(=O)c1ccc2c(c1)CCN2C(=O)C1CC1. The quantitative estimate of drug-likeness (QED) is 0.835. The van der Waals surface area contributed by atoms with E-state index < -0.39 is 10.0 Å². The van der Waals surface area contributed by atoms with Crippen LogP contribution in [0.5, 0.6) is 0 Å². The molecule has 0 unspecified atom stereocenters. The molecule has 1 amide bonds. The maximum absolute atomic E-state index is 12.3. The number of hydrogen-bond acceptors (Lipinski definition) is 4. The summed E-state index contributed by atoms with van der Waals surface area (Å²) in [7, 11) is 0.297. The van der Waals surface area contributed by atoms with E-state index >= 15 is 0 Å². The van der Waals surface area contributed by atoms with E-state index in [1.165, 1.54) is 0 Å². The summed E-state index contributed by atoms with van der Waals surface area (Å²) in [5, 5.41) is 0. The highest BCUT2D eigenvalue weighted by Crippen LogP contribution is 2.37. The van der Waals surface area contributed by atoms with Gasteiger partial charge in [-0.3, -0.25) is 4.79 Å². The topological polar surface area (TPSA) is 69.7 Å². The molecule has 6 nitrogen and oxygen atoms in total. The van der Waals surface area contributed by atoms with Gasteiger partial charge in [0.25, 0.3) is 0 Å². The molecule has 23 heavy (non-hydrogen) atoms. The normalized spacial score (nSPS) is 17.6. The van der Waals surface area contributed by atoms with Gasteiger partial charge in [0.15, 0.2) is 0 Å². The first-order valence-electron chi connectivity index (χ1n) is 7.97. The molecule has 0 radical (unpaired) electrons. The average molecular weight is 337 g/mol. The number of benzene rings is 1. The Kier molecular flexibility index (Phi) is 4.44. The first-order chi connectivity index (χ1) is 10.9. The van der Waals surface area contributed by atoms with Gasteiger partial charge in [-0.15, -0.1) is 0 Å². The number of hydrogen-bond donors (Lipinski definition) is 1. The molecule has 3 rings (SSSR count). The summed E-state index contributed by atoms with van der Waals surface area (Å²) in [5.41, 5.74) is 1.81. The Bertz CT molecular complexity index is 711. The zero-order chi connectivity index (χ0) is 16.6. The summed E-state index contributed by atoms with van der Waals surface area (Å²) >= 11 is 0. The Balaban J connectivity index is 1.75. The van der Waals surface area contributed by atoms with E-state index in [0.29, 0.717) is 19.6 Å². The molecule has 0 aromatic heterocycles. The summed E-state index contributed by atoms with van der Waals surface area (Å²) in [5.74, 6) is 0.362. The van der Waals surface area contributed by atoms with Crippen molar-refractivity contribution in [3.8, 4) is 0 Å². The minimum atomic E-state index is -3.50. The molecule has 0 atom stereocenters. The van der Waals surface area contributed by atoms with Crippen LogP contribution in [0.4, 0.5) is 5.69 Å². The number of amides is 1. The first-order valence-corrected chi connectivity index (χ1v) is 9.45. The lowest BCUT2D eigenvalue weighted by Crippen LogP contribution is -2.31. The van der Waals surface area contributed by atoms with E-state index in [1.54, 1.807) is 18.2 Å². The highest BCUT2D eigenvalue weighted by molar-refractivity contribution is 7.89. The lowest BCUT2D eigenvalue weighted by Gasteiger charge is -2.17. The second kappa shape index (κ2) is 6.22. The van der Waals surface area contributed by atoms with Crippen molar-refractivity contribution < 1.29 is 13.2 Å². The van der Waals surface area contributed by atoms with E-state index in [2.05, 4.69) is 4.72 Å². The first kappa shape index (κ1) is 16.4. The Morgan fingerprint density at radius 1 is 1.35 bits per heavy atom. The molecule has 1 aromatic carbocycles. The van der Waals surface area contributed by atoms with Crippen LogP contribution in [0.15, 0.2) is 23.1 Å². The summed E-state index contributed by atoms with van der Waals surface area (Å²) in [6.07, 6.45) is 2.68. The standard InChI is InChI=1S/C16H23N3O3S/c1-18(2)10-8-17-23(21,22)14-5-6-15-13(11-14)7-9-19(15)16(20)12-3-4-12/h5-6,11-12,17H,3-4,7-10H2,1-2H3. The van der Waals surface area contributed by atoms with Crippen LogP contribution in [0.1, 0.15) is 18.4 Å². The second-order valence-corrected chi connectivity index (χ2v) is 8.27. The molecule has 1 aliphatic heterocycles. The van der Waals surface area contributed by atoms with Crippen LogP contribution in [0.3, 0.4) is 0 Å². The van der Waals surface area contributed by atoms with Crippen molar-refractivity contribution in [1.29, 1.82) is 0 Å². The van der Waals surface area contributed by atoms with Crippen molar-refractivity contribution in [3.63, 3.8) is 0 Å². The highest BCUT2D eigenvalue weighted by Gasteiger charge is 2.36. The molecule has 0 saturated heterocycles. The van der Waals surface area contributed by atoms with Gasteiger partial charge in [-0.1, -0.05) is 0 Å². The minimum Gasteiger partial charge on any atom is -0.312 e. The zero-order valence-electron chi connectivity index (χ0n) is 13.6. The molecule has 1 aromatic rings. The second-order valence-electron chi connectivity index (χ2n) is 6.51. The summed E-state index contributed by atoms with van der Waals surface area (Å²) < 4.78 is 27.3. The van der Waals surface area contributed by atoms with Crippen molar-refractivity contribution in [1.82, 2.24) is 9.62 Å². The fourth-order valence-electron chi connectivity index (χ4n) is 2.81. The minimum absolute atomic E-state index is 0.178. The molecule has 1 saturated carbocycles. The fourth-order valence-corrected chi connectivity index (χ4v) is 3.88. The molecule has 1 aliphatic carbocycles. The molecule has 1 heterocycles. The van der Waals surface area contributed by atoms with Crippen LogP contribution >= 0.6 is 0 Å². The molecule has 1 N–H and O–H groups in total. The third-order valence-electron chi connectivity index (χ3n) is 4.30. The van der Waals surface area contributed by atoms with Crippen molar-refractivity contribution >= 4 is 21.6 Å². The molecule has 0 spiro atoms. The third-order valence-corrected chi connectivity index (χ3v) is 5.76. The monoisotopic (exact) mass is 337 g/mol. The predicted molar refractivity (Wildman–Crippen MR) is 89.0 cm³/mol. The number of fused-ring (bicyclic) bond motifs is 1. The van der Waals surface area contributed by atoms with E-state index in [1.807, 2.05) is 23.9 Å². The van der Waals surface area contributed by atoms with Crippen molar-refractivity contribution in [2.24, 2.45) is 5.92 Å². The summed E-state index contributed by atoms with van der Waals surface area (Å²) in [4.78, 5) is 16.3. The Hall–Kier alpha value is -1.44. The Morgan fingerprint density at radius 2 is 2.09 bits per heavy atom. The molecule has 1 fully saturated rings. The molecule has 7 heteroatoms. The highest BCUT2D eigenvalue weighted by atomic mass is 32.2. The van der Waals surface area contributed by atoms with Gasteiger partial charge in [-0.05, 0) is 57.1 Å². The predicted octanol–water partition coefficient (Wildman–Crippen LogP) is 0.826. The van der Waals surface area contributed by atoms with Crippen molar-refractivity contribution in [2.45, 2.75) is 24.2 Å². The molecular weight excluding hydrogens is 314 g/mol. The van der Waals surface area contributed by atoms with E-state index in [9.17, 15) is 13.2 Å². The lowest BCUT2D eigenvalue weighted by atomic mass is 10.2. The number of rotatable bonds is 6. The van der Waals surface area contributed by atoms with Crippen LogP contribution in [0, 0.1) is 5.92 Å². The molecule has 126 valence electrons. The smallest absolute Gasteiger partial charge is 0.240 e. The van der Waals surface area contributed by atoms with Crippen molar-refractivity contribution in [2.75, 3.05) is 38.6 Å². The van der Waals surface area contributed by atoms with Crippen molar-refractivity contribution in [3.05, 3.63) is 23.8 Å². The van der Waals surface area contributed by atoms with Gasteiger partial charge in [-0.2, -0.15) is 0 Å². The maximum atomic E-state index is 12.3. The van der Waals surface area contributed by atoms with Gasteiger partial charge in [0, 0.05) is 31.2 Å². The third kappa shape index (κ3) is 3.57. The van der Waals surface area contributed by atoms with E-state index in [0.717, 1.165) is 30.5 Å². The van der Waals surface area contributed by atoms with Gasteiger partial charge in [-0.25, -0.2) is 13.1 Å². The van der Waals surface area contributed by atoms with Crippen LogP contribution in [-0.2, 0) is 21.2 Å². The lowest BCUT2D eigenvalue weighted by molar-refractivity contribution is -0.119. The van der Waals surface area contributed by atoms with Gasteiger partial charge in [0.2, 0.25) is 15.9 Å². The zero-order valence-corrected chi connectivity index (χ0v) is 14.4. The number of likely N-dealkylation sites (N-methyl/N-ethyl adjacent to an activating group) is 1. The Morgan fingerprint density at radius 3 is 2.74 bits per heavy atom. The van der Waals surface area contributed by atoms with Crippen LogP contribution < -0.4 is 9.62 Å². The van der Waals surface area contributed by atoms with E-state index in [-0.39, 0.29) is 16.7 Å². The number of nitrogens with one attached hydrogen (secondary N) is 1. The number of nitrogens with zero attached hydrogens (tertiary/aromatic N) is 2. The summed E-state index contributed by atoms with van der Waals surface area (Å²) in [6, 6.07) is 5.06.